The van der Waals surface area contributed by atoms with Gasteiger partial charge < -0.3 is 15.0 Å². The third-order valence-electron chi connectivity index (χ3n) is 3.39. The van der Waals surface area contributed by atoms with Gasteiger partial charge in [-0.15, -0.1) is 11.3 Å². The van der Waals surface area contributed by atoms with Crippen LogP contribution in [0, 0.1) is 0 Å². The van der Waals surface area contributed by atoms with Crippen molar-refractivity contribution in [1.29, 1.82) is 0 Å². The average molecular weight is 300 g/mol. The number of fused-ring (bicyclic) bond motifs is 1. The van der Waals surface area contributed by atoms with Gasteiger partial charge in [-0.1, -0.05) is 18.2 Å². The number of aryl methyl sites for hydroxylation is 1. The molecule has 0 radical (unpaired) electrons. The van der Waals surface area contributed by atoms with E-state index < -0.39 is 0 Å². The van der Waals surface area contributed by atoms with Gasteiger partial charge in [0.1, 0.15) is 12.3 Å². The Kier molecular flexibility index (Phi) is 3.66. The van der Waals surface area contributed by atoms with Gasteiger partial charge in [-0.25, -0.2) is 4.79 Å². The molecule has 0 saturated carbocycles. The molecule has 0 atom stereocenters. The highest BCUT2D eigenvalue weighted by molar-refractivity contribution is 7.17. The van der Waals surface area contributed by atoms with Crippen LogP contribution in [0.2, 0.25) is 0 Å². The largest absolute Gasteiger partial charge is 0.456 e. The van der Waals surface area contributed by atoms with Crippen LogP contribution in [0.3, 0.4) is 0 Å². The first-order valence-electron chi connectivity index (χ1n) is 6.77. The number of thiophene rings is 1. The third-order valence-corrected chi connectivity index (χ3v) is 4.40. The van der Waals surface area contributed by atoms with Crippen molar-refractivity contribution in [1.82, 2.24) is 4.57 Å². The Morgan fingerprint density at radius 1 is 1.38 bits per heavy atom. The highest BCUT2D eigenvalue weighted by Crippen LogP contribution is 2.26. The second-order valence-electron chi connectivity index (χ2n) is 4.78. The second kappa shape index (κ2) is 5.61. The molecule has 4 nitrogen and oxygen atoms in total. The summed E-state index contributed by atoms with van der Waals surface area (Å²) in [6, 6.07) is 9.75. The number of esters is 1. The van der Waals surface area contributed by atoms with Crippen molar-refractivity contribution in [3.63, 3.8) is 0 Å². The van der Waals surface area contributed by atoms with Crippen LogP contribution >= 0.6 is 11.3 Å². The Morgan fingerprint density at radius 3 is 3.00 bits per heavy atom. The highest BCUT2D eigenvalue weighted by Gasteiger charge is 2.14. The number of nitrogens with two attached hydrogens (primary N) is 1. The molecule has 0 amide bonds. The molecule has 0 aliphatic rings. The van der Waals surface area contributed by atoms with Gasteiger partial charge in [0.05, 0.1) is 5.69 Å². The molecule has 108 valence electrons. The van der Waals surface area contributed by atoms with Crippen molar-refractivity contribution in [3.8, 4) is 0 Å². The van der Waals surface area contributed by atoms with Crippen molar-refractivity contribution < 1.29 is 9.53 Å². The summed E-state index contributed by atoms with van der Waals surface area (Å²) >= 11 is 1.66. The number of rotatable bonds is 4. The van der Waals surface area contributed by atoms with Gasteiger partial charge in [-0.2, -0.15) is 0 Å². The molecule has 5 heteroatoms. The molecular formula is C16H16N2O2S. The van der Waals surface area contributed by atoms with Gasteiger partial charge in [0.15, 0.2) is 0 Å². The van der Waals surface area contributed by atoms with E-state index in [2.05, 4.69) is 6.07 Å². The first kappa shape index (κ1) is 13.7. The van der Waals surface area contributed by atoms with E-state index in [-0.39, 0.29) is 12.6 Å². The Morgan fingerprint density at radius 2 is 2.19 bits per heavy atom. The molecule has 21 heavy (non-hydrogen) atoms. The van der Waals surface area contributed by atoms with Crippen LogP contribution in [0.1, 0.15) is 23.0 Å². The fourth-order valence-corrected chi connectivity index (χ4v) is 3.27. The fraction of sp³-hybridized carbons (Fsp3) is 0.188. The maximum Gasteiger partial charge on any atom is 0.355 e. The smallest absolute Gasteiger partial charge is 0.355 e. The van der Waals surface area contributed by atoms with E-state index in [9.17, 15) is 4.79 Å². The van der Waals surface area contributed by atoms with Crippen LogP contribution in [0.5, 0.6) is 0 Å². The quantitative estimate of drug-likeness (QED) is 0.748. The highest BCUT2D eigenvalue weighted by atomic mass is 32.1. The zero-order valence-corrected chi connectivity index (χ0v) is 12.5. The zero-order chi connectivity index (χ0) is 14.8. The molecule has 3 aromatic rings. The zero-order valence-electron chi connectivity index (χ0n) is 11.7. The Bertz CT molecular complexity index is 789. The van der Waals surface area contributed by atoms with E-state index >= 15 is 0 Å². The van der Waals surface area contributed by atoms with Crippen molar-refractivity contribution in [3.05, 3.63) is 53.2 Å². The minimum absolute atomic E-state index is 0.275. The second-order valence-corrected chi connectivity index (χ2v) is 5.69. The van der Waals surface area contributed by atoms with Crippen LogP contribution in [0.15, 0.2) is 41.9 Å². The molecule has 0 saturated heterocycles. The van der Waals surface area contributed by atoms with Gasteiger partial charge in [0.2, 0.25) is 0 Å². The van der Waals surface area contributed by atoms with E-state index in [0.29, 0.717) is 17.9 Å². The number of ether oxygens (including phenoxy) is 1. The normalized spacial score (nSPS) is 10.9. The lowest BCUT2D eigenvalue weighted by Crippen LogP contribution is -2.10. The van der Waals surface area contributed by atoms with Gasteiger partial charge in [0.25, 0.3) is 0 Å². The lowest BCUT2D eigenvalue weighted by molar-refractivity contribution is 0.0462. The molecule has 0 aliphatic heterocycles. The van der Waals surface area contributed by atoms with Gasteiger partial charge in [0, 0.05) is 23.0 Å². The van der Waals surface area contributed by atoms with E-state index in [1.54, 1.807) is 28.2 Å². The summed E-state index contributed by atoms with van der Waals surface area (Å²) in [7, 11) is 0. The minimum atomic E-state index is -0.344. The molecule has 0 aliphatic carbocycles. The maximum absolute atomic E-state index is 12.2. The van der Waals surface area contributed by atoms with Gasteiger partial charge >= 0.3 is 5.97 Å². The lowest BCUT2D eigenvalue weighted by atomic mass is 10.2. The first-order chi connectivity index (χ1) is 10.2. The predicted octanol–water partition coefficient (Wildman–Crippen LogP) is 3.66. The lowest BCUT2D eigenvalue weighted by Gasteiger charge is -2.06. The van der Waals surface area contributed by atoms with Gasteiger partial charge in [-0.3, -0.25) is 0 Å². The van der Waals surface area contributed by atoms with E-state index in [0.717, 1.165) is 10.9 Å². The Balaban J connectivity index is 1.76. The number of carbonyl (C=O) groups excluding carboxylic acids is 1. The molecule has 0 bridgehead atoms. The third kappa shape index (κ3) is 2.64. The fourth-order valence-electron chi connectivity index (χ4n) is 2.33. The Hall–Kier alpha value is -2.27. The summed E-state index contributed by atoms with van der Waals surface area (Å²) in [4.78, 5) is 12.2. The van der Waals surface area contributed by atoms with Crippen LogP contribution in [0.4, 0.5) is 5.69 Å². The number of hydrogen-bond donors (Lipinski definition) is 1. The van der Waals surface area contributed by atoms with Gasteiger partial charge in [-0.05, 0) is 29.8 Å². The minimum Gasteiger partial charge on any atom is -0.456 e. The van der Waals surface area contributed by atoms with E-state index in [4.69, 9.17) is 10.5 Å². The van der Waals surface area contributed by atoms with Crippen molar-refractivity contribution in [2.45, 2.75) is 20.1 Å². The molecule has 2 N–H and O–H groups in total. The van der Waals surface area contributed by atoms with E-state index in [1.165, 1.54) is 4.70 Å². The average Bonchev–Trinajstić information content (AvgIpc) is 3.08. The number of aromatic nitrogens is 1. The van der Waals surface area contributed by atoms with Crippen LogP contribution < -0.4 is 5.73 Å². The molecule has 2 heterocycles. The summed E-state index contributed by atoms with van der Waals surface area (Å²) in [5.41, 5.74) is 7.83. The maximum atomic E-state index is 12.2. The molecule has 0 unspecified atom stereocenters. The monoisotopic (exact) mass is 300 g/mol. The summed E-state index contributed by atoms with van der Waals surface area (Å²) in [5.74, 6) is -0.344. The van der Waals surface area contributed by atoms with E-state index in [1.807, 2.05) is 30.5 Å². The molecule has 3 rings (SSSR count). The number of benzene rings is 1. The summed E-state index contributed by atoms with van der Waals surface area (Å²) < 4.78 is 8.42. The molecule has 1 aromatic carbocycles. The summed E-state index contributed by atoms with van der Waals surface area (Å²) in [5, 5.41) is 3.17. The molecule has 0 fully saturated rings. The van der Waals surface area contributed by atoms with Crippen molar-refractivity contribution in [2.24, 2.45) is 0 Å². The predicted molar refractivity (Wildman–Crippen MR) is 85.5 cm³/mol. The summed E-state index contributed by atoms with van der Waals surface area (Å²) in [6.45, 7) is 2.92. The number of hydrogen-bond acceptors (Lipinski definition) is 4. The number of anilines is 1. The number of nitrogens with zero attached hydrogens (tertiary/aromatic N) is 1. The molecule has 2 aromatic heterocycles. The standard InChI is InChI=1S/C16H16N2O2S/c1-2-18-8-12(17)7-14(18)16(19)20-9-11-10-21-15-6-4-3-5-13(11)15/h3-8,10H,2,9,17H2,1H3. The van der Waals surface area contributed by atoms with Crippen molar-refractivity contribution in [2.75, 3.05) is 5.73 Å². The summed E-state index contributed by atoms with van der Waals surface area (Å²) in [6.07, 6.45) is 1.75. The molecular weight excluding hydrogens is 284 g/mol. The topological polar surface area (TPSA) is 57.2 Å². The van der Waals surface area contributed by atoms with Crippen molar-refractivity contribution >= 4 is 33.1 Å². The first-order valence-corrected chi connectivity index (χ1v) is 7.65. The van der Waals surface area contributed by atoms with Crippen LogP contribution in [-0.4, -0.2) is 10.5 Å². The van der Waals surface area contributed by atoms with Crippen LogP contribution in [-0.2, 0) is 17.9 Å². The Labute approximate surface area is 126 Å². The van der Waals surface area contributed by atoms with Crippen LogP contribution in [0.25, 0.3) is 10.1 Å². The molecule has 0 spiro atoms. The number of carbonyl (C=O) groups is 1. The SMILES string of the molecule is CCn1cc(N)cc1C(=O)OCc1csc2ccccc12. The number of nitrogen functional groups attached to an aromatic ring is 1.